The Balaban J connectivity index is 2.82. The highest BCUT2D eigenvalue weighted by Gasteiger charge is 2.38. The van der Waals surface area contributed by atoms with Crippen LogP contribution in [0.25, 0.3) is 0 Å². The Morgan fingerprint density at radius 2 is 2.12 bits per heavy atom. The summed E-state index contributed by atoms with van der Waals surface area (Å²) in [6.07, 6.45) is -6.41. The number of hydrogen-bond acceptors (Lipinski definition) is 4. The summed E-state index contributed by atoms with van der Waals surface area (Å²) in [6.45, 7) is -0.890. The van der Waals surface area contributed by atoms with Gasteiger partial charge in [-0.2, -0.15) is 18.3 Å². The first-order valence-corrected chi connectivity index (χ1v) is 5.46. The number of alkyl halides is 3. The van der Waals surface area contributed by atoms with Crippen molar-refractivity contribution in [2.24, 2.45) is 5.14 Å². The Morgan fingerprint density at radius 1 is 1.56 bits per heavy atom. The Kier molecular flexibility index (Phi) is 3.26. The van der Waals surface area contributed by atoms with Gasteiger partial charge in [-0.05, 0) is 6.07 Å². The minimum atomic E-state index is -4.78. The molecule has 92 valence electrons. The molecule has 6 nitrogen and oxygen atoms in total. The van der Waals surface area contributed by atoms with Crippen LogP contribution in [0.15, 0.2) is 17.3 Å². The molecule has 1 rings (SSSR count). The number of halogens is 3. The number of nitrogens with two attached hydrogens (primary N) is 1. The largest absolute Gasteiger partial charge is 0.416 e. The Bertz CT molecular complexity index is 467. The Morgan fingerprint density at radius 3 is 2.50 bits per heavy atom. The van der Waals surface area contributed by atoms with Gasteiger partial charge in [0.2, 0.25) is 0 Å². The summed E-state index contributed by atoms with van der Waals surface area (Å²) in [5.41, 5.74) is 0. The molecule has 0 aromatic carbocycles. The SMILES string of the molecule is NS(=O)(=O)c1ccn(CC(O)C(F)(F)F)n1. The maximum atomic E-state index is 11.9. The van der Waals surface area contributed by atoms with E-state index in [4.69, 9.17) is 10.2 Å². The van der Waals surface area contributed by atoms with E-state index in [-0.39, 0.29) is 0 Å². The van der Waals surface area contributed by atoms with Crippen molar-refractivity contribution in [3.63, 3.8) is 0 Å². The molecule has 16 heavy (non-hydrogen) atoms. The maximum Gasteiger partial charge on any atom is 0.416 e. The van der Waals surface area contributed by atoms with Gasteiger partial charge in [0, 0.05) is 6.20 Å². The minimum absolute atomic E-state index is 0.554. The molecule has 0 aliphatic carbocycles. The third-order valence-corrected chi connectivity index (χ3v) is 2.45. The molecule has 10 heteroatoms. The first-order valence-electron chi connectivity index (χ1n) is 3.92. The van der Waals surface area contributed by atoms with Crippen LogP contribution in [-0.4, -0.2) is 35.6 Å². The van der Waals surface area contributed by atoms with Crippen LogP contribution in [0.5, 0.6) is 0 Å². The maximum absolute atomic E-state index is 11.9. The fourth-order valence-electron chi connectivity index (χ4n) is 0.877. The minimum Gasteiger partial charge on any atom is -0.382 e. The van der Waals surface area contributed by atoms with Gasteiger partial charge in [0.05, 0.1) is 6.54 Å². The zero-order valence-electron chi connectivity index (χ0n) is 7.72. The summed E-state index contributed by atoms with van der Waals surface area (Å²) in [7, 11) is -4.05. The number of nitrogens with zero attached hydrogens (tertiary/aromatic N) is 2. The number of rotatable bonds is 3. The summed E-state index contributed by atoms with van der Waals surface area (Å²) in [5.74, 6) is 0. The summed E-state index contributed by atoms with van der Waals surface area (Å²) in [4.78, 5) is 0. The van der Waals surface area contributed by atoms with Crippen LogP contribution in [0.2, 0.25) is 0 Å². The van der Waals surface area contributed by atoms with Crippen molar-refractivity contribution >= 4 is 10.0 Å². The molecule has 0 aliphatic heterocycles. The van der Waals surface area contributed by atoms with Crippen molar-refractivity contribution < 1.29 is 26.7 Å². The van der Waals surface area contributed by atoms with E-state index in [2.05, 4.69) is 5.10 Å². The summed E-state index contributed by atoms with van der Waals surface area (Å²) >= 11 is 0. The van der Waals surface area contributed by atoms with Crippen LogP contribution in [0.4, 0.5) is 13.2 Å². The molecule has 0 saturated carbocycles. The molecule has 0 radical (unpaired) electrons. The van der Waals surface area contributed by atoms with Gasteiger partial charge in [-0.3, -0.25) is 4.68 Å². The van der Waals surface area contributed by atoms with E-state index in [0.29, 0.717) is 4.68 Å². The number of aliphatic hydroxyl groups is 1. The molecule has 0 fully saturated rings. The standard InChI is InChI=1S/C6H8F3N3O3S/c7-6(8,9)4(13)3-12-2-1-5(11-12)16(10,14)15/h1-2,4,13H,3H2,(H2,10,14,15). The molecule has 1 heterocycles. The van der Waals surface area contributed by atoms with Crippen LogP contribution in [-0.2, 0) is 16.6 Å². The number of aromatic nitrogens is 2. The molecule has 0 saturated heterocycles. The van der Waals surface area contributed by atoms with Gasteiger partial charge in [0.1, 0.15) is 0 Å². The van der Waals surface area contributed by atoms with Crippen molar-refractivity contribution in [2.45, 2.75) is 23.9 Å². The van der Waals surface area contributed by atoms with Crippen molar-refractivity contribution in [3.8, 4) is 0 Å². The molecule has 0 spiro atoms. The van der Waals surface area contributed by atoms with Gasteiger partial charge in [-0.1, -0.05) is 0 Å². The van der Waals surface area contributed by atoms with E-state index in [1.54, 1.807) is 0 Å². The highest BCUT2D eigenvalue weighted by Crippen LogP contribution is 2.21. The summed E-state index contributed by atoms with van der Waals surface area (Å²) < 4.78 is 58.0. The molecular formula is C6H8F3N3O3S. The number of hydrogen-bond donors (Lipinski definition) is 2. The monoisotopic (exact) mass is 259 g/mol. The topological polar surface area (TPSA) is 98.2 Å². The molecular weight excluding hydrogens is 251 g/mol. The van der Waals surface area contributed by atoms with Crippen molar-refractivity contribution in [3.05, 3.63) is 12.3 Å². The predicted octanol–water partition coefficient (Wildman–Crippen LogP) is -0.546. The second-order valence-corrected chi connectivity index (χ2v) is 4.49. The number of primary sulfonamides is 1. The third-order valence-electron chi connectivity index (χ3n) is 1.65. The average Bonchev–Trinajstić information content (AvgIpc) is 2.49. The van der Waals surface area contributed by atoms with E-state index in [9.17, 15) is 21.6 Å². The molecule has 0 amide bonds. The fraction of sp³-hybridized carbons (Fsp3) is 0.500. The average molecular weight is 259 g/mol. The van der Waals surface area contributed by atoms with Crippen LogP contribution < -0.4 is 5.14 Å². The molecule has 1 unspecified atom stereocenters. The second-order valence-electron chi connectivity index (χ2n) is 2.98. The van der Waals surface area contributed by atoms with Crippen LogP contribution in [0, 0.1) is 0 Å². The van der Waals surface area contributed by atoms with Crippen LogP contribution in [0.1, 0.15) is 0 Å². The van der Waals surface area contributed by atoms with Gasteiger partial charge in [-0.15, -0.1) is 0 Å². The van der Waals surface area contributed by atoms with Gasteiger partial charge >= 0.3 is 6.18 Å². The van der Waals surface area contributed by atoms with Crippen LogP contribution >= 0.6 is 0 Å². The highest BCUT2D eigenvalue weighted by molar-refractivity contribution is 7.89. The van der Waals surface area contributed by atoms with Crippen LogP contribution in [0.3, 0.4) is 0 Å². The summed E-state index contributed by atoms with van der Waals surface area (Å²) in [6, 6.07) is 0.943. The normalized spacial score (nSPS) is 15.1. The lowest BCUT2D eigenvalue weighted by molar-refractivity contribution is -0.208. The Labute approximate surface area is 88.5 Å². The quantitative estimate of drug-likeness (QED) is 0.761. The van der Waals surface area contributed by atoms with Crippen molar-refractivity contribution in [2.75, 3.05) is 0 Å². The van der Waals surface area contributed by atoms with E-state index >= 15 is 0 Å². The third kappa shape index (κ3) is 3.18. The van der Waals surface area contributed by atoms with E-state index < -0.39 is 33.9 Å². The molecule has 1 aromatic rings. The van der Waals surface area contributed by atoms with E-state index in [0.717, 1.165) is 12.3 Å². The fourth-order valence-corrected chi connectivity index (χ4v) is 1.35. The zero-order chi connectivity index (χ0) is 12.6. The highest BCUT2D eigenvalue weighted by atomic mass is 32.2. The second kappa shape index (κ2) is 4.03. The van der Waals surface area contributed by atoms with E-state index in [1.807, 2.05) is 0 Å². The lowest BCUT2D eigenvalue weighted by Gasteiger charge is -2.13. The molecule has 3 N–H and O–H groups in total. The molecule has 0 aliphatic rings. The van der Waals surface area contributed by atoms with Crippen molar-refractivity contribution in [1.82, 2.24) is 9.78 Å². The zero-order valence-corrected chi connectivity index (χ0v) is 8.53. The van der Waals surface area contributed by atoms with Gasteiger partial charge in [0.15, 0.2) is 11.1 Å². The smallest absolute Gasteiger partial charge is 0.382 e. The molecule has 0 bridgehead atoms. The van der Waals surface area contributed by atoms with E-state index in [1.165, 1.54) is 0 Å². The van der Waals surface area contributed by atoms with Gasteiger partial charge in [-0.25, -0.2) is 13.6 Å². The predicted molar refractivity (Wildman–Crippen MR) is 45.7 cm³/mol. The lowest BCUT2D eigenvalue weighted by Crippen LogP contribution is -2.33. The number of sulfonamides is 1. The Hall–Kier alpha value is -1.13. The van der Waals surface area contributed by atoms with Crippen molar-refractivity contribution in [1.29, 1.82) is 0 Å². The lowest BCUT2D eigenvalue weighted by atomic mass is 10.3. The number of aliphatic hydroxyl groups excluding tert-OH is 1. The first kappa shape index (κ1) is 12.9. The van der Waals surface area contributed by atoms with Gasteiger partial charge in [0.25, 0.3) is 10.0 Å². The molecule has 1 atom stereocenters. The molecule has 1 aromatic heterocycles. The van der Waals surface area contributed by atoms with Gasteiger partial charge < -0.3 is 5.11 Å². The first-order chi connectivity index (χ1) is 7.10. The summed E-state index contributed by atoms with van der Waals surface area (Å²) in [5, 5.41) is 16.1.